The van der Waals surface area contributed by atoms with Crippen molar-refractivity contribution in [1.82, 2.24) is 9.55 Å². The molecular weight excluding hydrogens is 529 g/mol. The first-order valence-electron chi connectivity index (χ1n) is 14.3. The predicted octanol–water partition coefficient (Wildman–Crippen LogP) is 11.1. The maximum Gasteiger partial charge on any atom is 0.145 e. The Morgan fingerprint density at radius 3 is 2.10 bits per heavy atom. The molecule has 0 saturated heterocycles. The van der Waals surface area contributed by atoms with Crippen LogP contribution in [0.1, 0.15) is 0 Å². The molecule has 0 bridgehead atoms. The van der Waals surface area contributed by atoms with E-state index in [0.717, 1.165) is 11.3 Å². The van der Waals surface area contributed by atoms with Crippen LogP contribution in [-0.4, -0.2) is 9.55 Å². The van der Waals surface area contributed by atoms with Gasteiger partial charge in [-0.2, -0.15) is 0 Å². The molecule has 0 saturated carbocycles. The monoisotopic (exact) mass is 550 g/mol. The lowest BCUT2D eigenvalue weighted by molar-refractivity contribution is 1.14. The van der Waals surface area contributed by atoms with Gasteiger partial charge in [0.2, 0.25) is 0 Å². The molecule has 0 amide bonds. The summed E-state index contributed by atoms with van der Waals surface area (Å²) in [5, 5.41) is 13.0. The van der Waals surface area contributed by atoms with E-state index >= 15 is 0 Å². The van der Waals surface area contributed by atoms with Gasteiger partial charge in [-0.15, -0.1) is 11.3 Å². The van der Waals surface area contributed by atoms with Gasteiger partial charge >= 0.3 is 0 Å². The Morgan fingerprint density at radius 2 is 1.24 bits per heavy atom. The molecule has 2 nitrogen and oxygen atoms in total. The fourth-order valence-electron chi connectivity index (χ4n) is 7.06. The standard InChI is InChI=1S/C39H22N2S/c1-2-9-34-30(7-1)32-8-4-18-40-39(32)41(34)29-15-16-31-33-21-25(14-17-35(33)42-36(31)22-29)28-19-26-12-10-23-5-3-6-24-11-13-27(20-28)38(26)37(23)24/h1-22H. The number of thiophene rings is 1. The summed E-state index contributed by atoms with van der Waals surface area (Å²) in [7, 11) is 0. The molecule has 0 aliphatic heterocycles. The summed E-state index contributed by atoms with van der Waals surface area (Å²) < 4.78 is 4.89. The van der Waals surface area contributed by atoms with Crippen molar-refractivity contribution in [3.8, 4) is 16.8 Å². The fourth-order valence-corrected chi connectivity index (χ4v) is 8.18. The first-order valence-corrected chi connectivity index (χ1v) is 15.1. The lowest BCUT2D eigenvalue weighted by Gasteiger charge is -2.13. The first kappa shape index (κ1) is 22.4. The Morgan fingerprint density at radius 1 is 0.476 bits per heavy atom. The number of rotatable bonds is 2. The van der Waals surface area contributed by atoms with Gasteiger partial charge in [-0.1, -0.05) is 72.8 Å². The molecule has 0 unspecified atom stereocenters. The Hall–Kier alpha value is -5.25. The molecule has 0 radical (unpaired) electrons. The van der Waals surface area contributed by atoms with E-state index in [1.165, 1.54) is 79.9 Å². The van der Waals surface area contributed by atoms with E-state index in [9.17, 15) is 0 Å². The van der Waals surface area contributed by atoms with Gasteiger partial charge in [0.1, 0.15) is 5.65 Å². The van der Waals surface area contributed by atoms with Crippen molar-refractivity contribution < 1.29 is 0 Å². The van der Waals surface area contributed by atoms with Crippen molar-refractivity contribution in [2.75, 3.05) is 0 Å². The summed E-state index contributed by atoms with van der Waals surface area (Å²) in [6.07, 6.45) is 1.88. The predicted molar refractivity (Wildman–Crippen MR) is 181 cm³/mol. The maximum absolute atomic E-state index is 4.78. The minimum Gasteiger partial charge on any atom is -0.294 e. The average Bonchev–Trinajstić information content (AvgIpc) is 3.58. The van der Waals surface area contributed by atoms with Crippen LogP contribution in [-0.2, 0) is 0 Å². The molecule has 7 aromatic carbocycles. The SMILES string of the molecule is c1cc2ccc3cc(-c4ccc5sc6cc(-n7c8ccccc8c8cccnc87)ccc6c5c4)cc4ccc(c1)c2c34. The highest BCUT2D eigenvalue weighted by Crippen LogP contribution is 2.41. The van der Waals surface area contributed by atoms with Crippen molar-refractivity contribution in [1.29, 1.82) is 0 Å². The van der Waals surface area contributed by atoms with Gasteiger partial charge in [-0.3, -0.25) is 4.57 Å². The van der Waals surface area contributed by atoms with E-state index in [1.807, 2.05) is 23.6 Å². The van der Waals surface area contributed by atoms with E-state index < -0.39 is 0 Å². The molecule has 10 aromatic rings. The van der Waals surface area contributed by atoms with Gasteiger partial charge in [0.05, 0.1) is 5.52 Å². The Balaban J connectivity index is 1.15. The lowest BCUT2D eigenvalue weighted by Crippen LogP contribution is -1.94. The zero-order chi connectivity index (χ0) is 27.4. The van der Waals surface area contributed by atoms with Crippen molar-refractivity contribution in [2.24, 2.45) is 0 Å². The second-order valence-corrected chi connectivity index (χ2v) is 12.3. The van der Waals surface area contributed by atoms with Crippen LogP contribution >= 0.6 is 11.3 Å². The highest BCUT2D eigenvalue weighted by atomic mass is 32.1. The summed E-state index contributed by atoms with van der Waals surface area (Å²) in [6, 6.07) is 46.9. The molecule has 3 heterocycles. The van der Waals surface area contributed by atoms with Crippen molar-refractivity contribution in [3.05, 3.63) is 134 Å². The normalized spacial score (nSPS) is 12.3. The average molecular weight is 551 g/mol. The first-order chi connectivity index (χ1) is 20.8. The van der Waals surface area contributed by atoms with Crippen LogP contribution in [0.2, 0.25) is 0 Å². The van der Waals surface area contributed by atoms with Gasteiger partial charge in [-0.25, -0.2) is 4.98 Å². The van der Waals surface area contributed by atoms with Gasteiger partial charge in [0.15, 0.2) is 0 Å². The zero-order valence-electron chi connectivity index (χ0n) is 22.5. The van der Waals surface area contributed by atoms with Gasteiger partial charge in [-0.05, 0) is 98.0 Å². The summed E-state index contributed by atoms with van der Waals surface area (Å²) >= 11 is 1.86. The third-order valence-electron chi connectivity index (χ3n) is 8.94. The summed E-state index contributed by atoms with van der Waals surface area (Å²) in [5.41, 5.74) is 5.84. The molecule has 0 fully saturated rings. The molecule has 0 aliphatic carbocycles. The number of hydrogen-bond acceptors (Lipinski definition) is 2. The molecule has 194 valence electrons. The summed E-state index contributed by atoms with van der Waals surface area (Å²) in [6.45, 7) is 0. The Kier molecular flexibility index (Phi) is 4.36. The van der Waals surface area contributed by atoms with Crippen molar-refractivity contribution in [2.45, 2.75) is 0 Å². The number of benzene rings is 7. The molecule has 3 heteroatoms. The highest BCUT2D eigenvalue weighted by Gasteiger charge is 2.15. The highest BCUT2D eigenvalue weighted by molar-refractivity contribution is 7.25. The van der Waals surface area contributed by atoms with Crippen molar-refractivity contribution >= 4 is 85.8 Å². The van der Waals surface area contributed by atoms with E-state index in [1.54, 1.807) is 0 Å². The van der Waals surface area contributed by atoms with Crippen LogP contribution in [0.4, 0.5) is 0 Å². The largest absolute Gasteiger partial charge is 0.294 e. The third kappa shape index (κ3) is 3.01. The molecule has 0 atom stereocenters. The van der Waals surface area contributed by atoms with Crippen LogP contribution in [0.5, 0.6) is 0 Å². The van der Waals surface area contributed by atoms with E-state index in [-0.39, 0.29) is 0 Å². The second kappa shape index (κ2) is 8.16. The lowest BCUT2D eigenvalue weighted by atomic mass is 9.91. The number of pyridine rings is 1. The van der Waals surface area contributed by atoms with E-state index in [4.69, 9.17) is 4.98 Å². The van der Waals surface area contributed by atoms with Crippen LogP contribution in [0, 0.1) is 0 Å². The van der Waals surface area contributed by atoms with Crippen LogP contribution < -0.4 is 0 Å². The minimum atomic E-state index is 0.996. The van der Waals surface area contributed by atoms with Gasteiger partial charge < -0.3 is 0 Å². The van der Waals surface area contributed by atoms with E-state index in [0.29, 0.717) is 0 Å². The molecule has 0 N–H and O–H groups in total. The van der Waals surface area contributed by atoms with Gasteiger partial charge in [0.25, 0.3) is 0 Å². The topological polar surface area (TPSA) is 17.8 Å². The fraction of sp³-hybridized carbons (Fsp3) is 0. The Labute approximate surface area is 245 Å². The van der Waals surface area contributed by atoms with Crippen LogP contribution in [0.3, 0.4) is 0 Å². The molecule has 0 spiro atoms. The van der Waals surface area contributed by atoms with E-state index in [2.05, 4.69) is 126 Å². The smallest absolute Gasteiger partial charge is 0.145 e. The number of fused-ring (bicyclic) bond motifs is 6. The molecule has 10 rings (SSSR count). The Bertz CT molecular complexity index is 2570. The molecule has 42 heavy (non-hydrogen) atoms. The number of para-hydroxylation sites is 1. The van der Waals surface area contributed by atoms with Crippen molar-refractivity contribution in [3.63, 3.8) is 0 Å². The minimum absolute atomic E-state index is 0.996. The third-order valence-corrected chi connectivity index (χ3v) is 10.1. The quantitative estimate of drug-likeness (QED) is 0.196. The van der Waals surface area contributed by atoms with Crippen LogP contribution in [0.15, 0.2) is 134 Å². The molecular formula is C39H22N2S. The zero-order valence-corrected chi connectivity index (χ0v) is 23.3. The van der Waals surface area contributed by atoms with Crippen LogP contribution in [0.25, 0.3) is 91.2 Å². The number of aromatic nitrogens is 2. The molecule has 3 aromatic heterocycles. The summed E-state index contributed by atoms with van der Waals surface area (Å²) in [4.78, 5) is 4.78. The summed E-state index contributed by atoms with van der Waals surface area (Å²) in [5.74, 6) is 0. The second-order valence-electron chi connectivity index (χ2n) is 11.2. The number of hydrogen-bond donors (Lipinski definition) is 0. The maximum atomic E-state index is 4.78. The molecule has 0 aliphatic rings. The number of nitrogens with zero attached hydrogens (tertiary/aromatic N) is 2. The van der Waals surface area contributed by atoms with Gasteiger partial charge in [0, 0.05) is 42.8 Å².